The maximum Gasteiger partial charge on any atom is 0.113 e. The first kappa shape index (κ1) is 10.7. The van der Waals surface area contributed by atoms with Crippen molar-refractivity contribution in [2.45, 2.75) is 6.54 Å². The van der Waals surface area contributed by atoms with E-state index in [1.165, 1.54) is 0 Å². The number of rotatable bonds is 3. The minimum Gasteiger partial charge on any atom is -0.259 e. The van der Waals surface area contributed by atoms with E-state index in [9.17, 15) is 0 Å². The van der Waals surface area contributed by atoms with Gasteiger partial charge < -0.3 is 0 Å². The summed E-state index contributed by atoms with van der Waals surface area (Å²) in [6.45, 7) is 0.640. The highest BCUT2D eigenvalue weighted by molar-refractivity contribution is 5.57. The second-order valence-electron chi connectivity index (χ2n) is 3.99. The first-order valence-electron chi connectivity index (χ1n) is 5.77. The minimum absolute atomic E-state index is 0.640. The fourth-order valence-corrected chi connectivity index (χ4v) is 1.77. The topological polar surface area (TPSA) is 43.6 Å². The van der Waals surface area contributed by atoms with Gasteiger partial charge in [0, 0.05) is 11.8 Å². The molecule has 0 fully saturated rings. The van der Waals surface area contributed by atoms with Crippen LogP contribution >= 0.6 is 0 Å². The molecule has 3 rings (SSSR count). The minimum atomic E-state index is 0.640. The Hall–Kier alpha value is -2.49. The first-order valence-corrected chi connectivity index (χ1v) is 5.77. The Morgan fingerprint density at radius 1 is 0.944 bits per heavy atom. The van der Waals surface area contributed by atoms with Crippen LogP contribution in [0.3, 0.4) is 0 Å². The maximum atomic E-state index is 4.27. The molecule has 0 aliphatic heterocycles. The van der Waals surface area contributed by atoms with Crippen LogP contribution in [0.4, 0.5) is 0 Å². The highest BCUT2D eigenvalue weighted by atomic mass is 15.4. The van der Waals surface area contributed by atoms with E-state index >= 15 is 0 Å². The van der Waals surface area contributed by atoms with E-state index in [1.807, 2.05) is 54.7 Å². The second-order valence-corrected chi connectivity index (χ2v) is 3.99. The van der Waals surface area contributed by atoms with Crippen LogP contribution in [-0.2, 0) is 6.54 Å². The molecule has 4 heteroatoms. The van der Waals surface area contributed by atoms with Crippen molar-refractivity contribution in [3.8, 4) is 11.3 Å². The van der Waals surface area contributed by atoms with Crippen LogP contribution in [0.2, 0.25) is 0 Å². The van der Waals surface area contributed by atoms with Crippen molar-refractivity contribution in [2.75, 3.05) is 0 Å². The molecule has 0 spiro atoms. The van der Waals surface area contributed by atoms with Crippen molar-refractivity contribution >= 4 is 0 Å². The van der Waals surface area contributed by atoms with Crippen molar-refractivity contribution in [2.24, 2.45) is 0 Å². The molecule has 0 atom stereocenters. The van der Waals surface area contributed by atoms with Crippen molar-refractivity contribution in [3.63, 3.8) is 0 Å². The van der Waals surface area contributed by atoms with Gasteiger partial charge in [0.05, 0.1) is 18.4 Å². The van der Waals surface area contributed by atoms with Crippen molar-refractivity contribution in [1.29, 1.82) is 0 Å². The Morgan fingerprint density at radius 3 is 2.56 bits per heavy atom. The van der Waals surface area contributed by atoms with Crippen molar-refractivity contribution in [1.82, 2.24) is 20.0 Å². The quantitative estimate of drug-likeness (QED) is 0.701. The van der Waals surface area contributed by atoms with Gasteiger partial charge in [0.2, 0.25) is 0 Å². The Kier molecular flexibility index (Phi) is 2.84. The third-order valence-electron chi connectivity index (χ3n) is 2.66. The van der Waals surface area contributed by atoms with E-state index in [-0.39, 0.29) is 0 Å². The van der Waals surface area contributed by atoms with Crippen LogP contribution in [-0.4, -0.2) is 20.0 Å². The molecular weight excluding hydrogens is 224 g/mol. The fourth-order valence-electron chi connectivity index (χ4n) is 1.77. The van der Waals surface area contributed by atoms with Crippen LogP contribution in [0.25, 0.3) is 11.3 Å². The summed E-state index contributed by atoms with van der Waals surface area (Å²) < 4.78 is 1.80. The standard InChI is InChI=1S/C14H12N4/c1-2-6-12(7-3-1)14-11-18(17-16-14)10-13-8-4-5-9-15-13/h1-9,11H,10H2. The summed E-state index contributed by atoms with van der Waals surface area (Å²) in [5.41, 5.74) is 2.93. The molecule has 0 saturated carbocycles. The lowest BCUT2D eigenvalue weighted by Crippen LogP contribution is -2.01. The second kappa shape index (κ2) is 4.79. The Labute approximate surface area is 105 Å². The smallest absolute Gasteiger partial charge is 0.113 e. The monoisotopic (exact) mass is 236 g/mol. The molecule has 3 aromatic rings. The third kappa shape index (κ3) is 2.27. The summed E-state index contributed by atoms with van der Waals surface area (Å²) in [7, 11) is 0. The lowest BCUT2D eigenvalue weighted by molar-refractivity contribution is 0.639. The van der Waals surface area contributed by atoms with Crippen molar-refractivity contribution in [3.05, 3.63) is 66.6 Å². The highest BCUT2D eigenvalue weighted by Crippen LogP contribution is 2.14. The molecule has 0 amide bonds. The van der Waals surface area contributed by atoms with Gasteiger partial charge in [-0.2, -0.15) is 0 Å². The normalized spacial score (nSPS) is 10.4. The Morgan fingerprint density at radius 2 is 1.78 bits per heavy atom. The van der Waals surface area contributed by atoms with Gasteiger partial charge in [-0.15, -0.1) is 5.10 Å². The van der Waals surface area contributed by atoms with Crippen molar-refractivity contribution < 1.29 is 0 Å². The Balaban J connectivity index is 1.82. The predicted octanol–water partition coefficient (Wildman–Crippen LogP) is 2.39. The number of benzene rings is 1. The summed E-state index contributed by atoms with van der Waals surface area (Å²) in [6, 6.07) is 15.9. The molecule has 88 valence electrons. The summed E-state index contributed by atoms with van der Waals surface area (Å²) in [5.74, 6) is 0. The average Bonchev–Trinajstić information content (AvgIpc) is 2.89. The maximum absolute atomic E-state index is 4.27. The summed E-state index contributed by atoms with van der Waals surface area (Å²) in [4.78, 5) is 4.27. The van der Waals surface area contributed by atoms with Crippen LogP contribution < -0.4 is 0 Å². The molecule has 0 unspecified atom stereocenters. The predicted molar refractivity (Wildman–Crippen MR) is 68.8 cm³/mol. The molecule has 0 N–H and O–H groups in total. The zero-order chi connectivity index (χ0) is 12.2. The lowest BCUT2D eigenvalue weighted by atomic mass is 10.2. The molecule has 0 radical (unpaired) electrons. The number of hydrogen-bond acceptors (Lipinski definition) is 3. The van der Waals surface area contributed by atoms with Crippen LogP contribution in [0.15, 0.2) is 60.9 Å². The average molecular weight is 236 g/mol. The molecule has 2 aromatic heterocycles. The molecular formula is C14H12N4. The van der Waals surface area contributed by atoms with E-state index in [0.717, 1.165) is 17.0 Å². The summed E-state index contributed by atoms with van der Waals surface area (Å²) in [5, 5.41) is 8.28. The fraction of sp³-hybridized carbons (Fsp3) is 0.0714. The molecule has 2 heterocycles. The van der Waals surface area contributed by atoms with E-state index in [0.29, 0.717) is 6.54 Å². The number of hydrogen-bond donors (Lipinski definition) is 0. The molecule has 1 aromatic carbocycles. The van der Waals surface area contributed by atoms with Gasteiger partial charge in [-0.25, -0.2) is 4.68 Å². The Bertz CT molecular complexity index is 617. The van der Waals surface area contributed by atoms with Gasteiger partial charge in [0.25, 0.3) is 0 Å². The summed E-state index contributed by atoms with van der Waals surface area (Å²) >= 11 is 0. The van der Waals surface area contributed by atoms with Crippen LogP contribution in [0.1, 0.15) is 5.69 Å². The van der Waals surface area contributed by atoms with Gasteiger partial charge in [0.1, 0.15) is 5.69 Å². The van der Waals surface area contributed by atoms with Gasteiger partial charge in [0.15, 0.2) is 0 Å². The molecule has 18 heavy (non-hydrogen) atoms. The zero-order valence-electron chi connectivity index (χ0n) is 9.77. The molecule has 0 bridgehead atoms. The zero-order valence-corrected chi connectivity index (χ0v) is 9.77. The van der Waals surface area contributed by atoms with Gasteiger partial charge in [-0.1, -0.05) is 41.6 Å². The molecule has 0 aliphatic carbocycles. The number of pyridine rings is 1. The molecule has 0 aliphatic rings. The molecule has 0 saturated heterocycles. The summed E-state index contributed by atoms with van der Waals surface area (Å²) in [6.07, 6.45) is 3.72. The van der Waals surface area contributed by atoms with Crippen LogP contribution in [0, 0.1) is 0 Å². The van der Waals surface area contributed by atoms with E-state index < -0.39 is 0 Å². The van der Waals surface area contributed by atoms with E-state index in [4.69, 9.17) is 0 Å². The van der Waals surface area contributed by atoms with E-state index in [1.54, 1.807) is 10.9 Å². The van der Waals surface area contributed by atoms with Gasteiger partial charge in [-0.3, -0.25) is 4.98 Å². The third-order valence-corrected chi connectivity index (χ3v) is 2.66. The number of nitrogens with zero attached hydrogens (tertiary/aromatic N) is 4. The largest absolute Gasteiger partial charge is 0.259 e. The van der Waals surface area contributed by atoms with E-state index in [2.05, 4.69) is 15.3 Å². The van der Waals surface area contributed by atoms with Gasteiger partial charge >= 0.3 is 0 Å². The SMILES string of the molecule is c1ccc(-c2cn(Cc3ccccn3)nn2)cc1. The lowest BCUT2D eigenvalue weighted by Gasteiger charge is -1.98. The van der Waals surface area contributed by atoms with Gasteiger partial charge in [-0.05, 0) is 12.1 Å². The first-order chi connectivity index (χ1) is 8.92. The number of aromatic nitrogens is 4. The molecule has 4 nitrogen and oxygen atoms in total. The van der Waals surface area contributed by atoms with Crippen LogP contribution in [0.5, 0.6) is 0 Å². The highest BCUT2D eigenvalue weighted by Gasteiger charge is 2.03.